The molecular weight excluding hydrogens is 159 g/mol. The molecule has 0 fully saturated rings. The number of halogens is 1. The number of hydrogen-bond acceptors (Lipinski definition) is 1. The number of rotatable bonds is 0. The second-order valence-electron chi connectivity index (χ2n) is 0. The van der Waals surface area contributed by atoms with Gasteiger partial charge in [0.15, 0.2) is 0 Å². The average molecular weight is 162 g/mol. The van der Waals surface area contributed by atoms with Gasteiger partial charge in [-0.1, -0.05) is 0 Å². The molecule has 0 aliphatic heterocycles. The Balaban J connectivity index is -0.00000000500. The van der Waals surface area contributed by atoms with Crippen molar-refractivity contribution in [2.45, 2.75) is 0 Å². The average Bonchev–Trinajstić information content (AvgIpc) is 1.00. The first-order valence-electron chi connectivity index (χ1n) is 0.204. The Hall–Kier alpha value is 0.933. The quantitative estimate of drug-likeness (QED) is 0.472. The van der Waals surface area contributed by atoms with Gasteiger partial charge < -0.3 is 5.48 Å². The molecule has 0 radical (unpaired) electrons. The minimum atomic E-state index is 0. The SMILES string of the molecule is Cl.O.[O]=[Zr]. The van der Waals surface area contributed by atoms with Crippen molar-refractivity contribution in [1.29, 1.82) is 0 Å². The van der Waals surface area contributed by atoms with Crippen LogP contribution in [-0.4, -0.2) is 5.48 Å². The van der Waals surface area contributed by atoms with Crippen LogP contribution in [-0.2, 0) is 27.5 Å². The fourth-order valence-electron chi connectivity index (χ4n) is 0. The van der Waals surface area contributed by atoms with Gasteiger partial charge in [0.1, 0.15) is 0 Å². The zero-order chi connectivity index (χ0) is 2.00. The van der Waals surface area contributed by atoms with E-state index in [1.165, 1.54) is 0 Å². The van der Waals surface area contributed by atoms with Gasteiger partial charge in [-0.25, -0.2) is 0 Å². The predicted octanol–water partition coefficient (Wildman–Crippen LogP) is -0.524. The van der Waals surface area contributed by atoms with Gasteiger partial charge in [0.2, 0.25) is 0 Å². The van der Waals surface area contributed by atoms with Crippen LogP contribution in [0.1, 0.15) is 0 Å². The van der Waals surface area contributed by atoms with Crippen LogP contribution >= 0.6 is 12.4 Å². The molecule has 4 heteroatoms. The van der Waals surface area contributed by atoms with E-state index in [-0.39, 0.29) is 17.9 Å². The Morgan fingerprint density at radius 3 is 1.25 bits per heavy atom. The fourth-order valence-corrected chi connectivity index (χ4v) is 0. The van der Waals surface area contributed by atoms with Crippen LogP contribution in [0.2, 0.25) is 0 Å². The standard InChI is InChI=1S/ClH.H2O.O.Zr/h1H;1H2;;. The fraction of sp³-hybridized carbons (Fsp3) is 0. The molecular formula is H3ClO2Zr. The summed E-state index contributed by atoms with van der Waals surface area (Å²) in [5.74, 6) is 0. The van der Waals surface area contributed by atoms with Crippen molar-refractivity contribution in [1.82, 2.24) is 0 Å². The summed E-state index contributed by atoms with van der Waals surface area (Å²) in [6.45, 7) is 0. The van der Waals surface area contributed by atoms with E-state index in [2.05, 4.69) is 0 Å². The van der Waals surface area contributed by atoms with Gasteiger partial charge in [0.05, 0.1) is 0 Å². The zero-order valence-electron chi connectivity index (χ0n) is 1.82. The van der Waals surface area contributed by atoms with E-state index >= 15 is 0 Å². The Morgan fingerprint density at radius 2 is 1.25 bits per heavy atom. The first-order chi connectivity index (χ1) is 1.00. The Kier molecular flexibility index (Phi) is 198. The van der Waals surface area contributed by atoms with Gasteiger partial charge in [-0.2, -0.15) is 0 Å². The summed E-state index contributed by atoms with van der Waals surface area (Å²) in [4.78, 5) is 0. The first kappa shape index (κ1) is 20.4. The molecule has 2 N–H and O–H groups in total. The Bertz CT molecular complexity index is 6.00. The third-order valence-electron chi connectivity index (χ3n) is 0. The molecule has 0 unspecified atom stereocenters. The molecule has 0 spiro atoms. The molecule has 0 aliphatic rings. The van der Waals surface area contributed by atoms with E-state index in [9.17, 15) is 0 Å². The van der Waals surface area contributed by atoms with Crippen LogP contribution < -0.4 is 0 Å². The van der Waals surface area contributed by atoms with Crippen molar-refractivity contribution in [3.63, 3.8) is 0 Å². The van der Waals surface area contributed by atoms with E-state index in [4.69, 9.17) is 2.81 Å². The first-order valence-corrected chi connectivity index (χ1v) is 1.21. The molecule has 0 aromatic heterocycles. The van der Waals surface area contributed by atoms with Crippen molar-refractivity contribution in [2.24, 2.45) is 0 Å². The summed E-state index contributed by atoms with van der Waals surface area (Å²) < 4.78 is 8.34. The van der Waals surface area contributed by atoms with Crippen LogP contribution in [0, 0.1) is 0 Å². The van der Waals surface area contributed by atoms with Crippen molar-refractivity contribution in [3.8, 4) is 0 Å². The molecule has 2 nitrogen and oxygen atoms in total. The van der Waals surface area contributed by atoms with Gasteiger partial charge in [-0.15, -0.1) is 12.4 Å². The third kappa shape index (κ3) is 12.6. The van der Waals surface area contributed by atoms with Crippen LogP contribution in [0.25, 0.3) is 0 Å². The van der Waals surface area contributed by atoms with Crippen molar-refractivity contribution in [2.75, 3.05) is 0 Å². The summed E-state index contributed by atoms with van der Waals surface area (Å²) in [7, 11) is 0. The minimum absolute atomic E-state index is 0. The van der Waals surface area contributed by atoms with Crippen LogP contribution in [0.5, 0.6) is 0 Å². The van der Waals surface area contributed by atoms with E-state index in [1.807, 2.05) is 0 Å². The van der Waals surface area contributed by atoms with Crippen LogP contribution in [0.15, 0.2) is 0 Å². The summed E-state index contributed by atoms with van der Waals surface area (Å²) in [5, 5.41) is 0. The maximum absolute atomic E-state index is 8.34. The maximum atomic E-state index is 8.34. The molecule has 0 bridgehead atoms. The normalized spacial score (nSPS) is 0.750. The molecule has 0 aliphatic carbocycles. The van der Waals surface area contributed by atoms with Crippen molar-refractivity contribution >= 4 is 12.4 Å². The summed E-state index contributed by atoms with van der Waals surface area (Å²) in [6.07, 6.45) is 0. The number of hydrogen-bond donors (Lipinski definition) is 0. The second-order valence-corrected chi connectivity index (χ2v) is 0. The van der Waals surface area contributed by atoms with Gasteiger partial charge in [0.25, 0.3) is 0 Å². The molecule has 26 valence electrons. The summed E-state index contributed by atoms with van der Waals surface area (Å²) in [5.41, 5.74) is 0. The molecule has 0 heterocycles. The molecule has 0 aromatic rings. The van der Waals surface area contributed by atoms with Crippen LogP contribution in [0.3, 0.4) is 0 Å². The summed E-state index contributed by atoms with van der Waals surface area (Å²) in [6, 6.07) is 0. The second kappa shape index (κ2) is 38.9. The molecule has 0 aromatic carbocycles. The molecule has 0 rings (SSSR count). The Labute approximate surface area is 45.6 Å². The third-order valence-corrected chi connectivity index (χ3v) is 0. The van der Waals surface area contributed by atoms with E-state index in [0.29, 0.717) is 24.7 Å². The molecule has 0 saturated carbocycles. The van der Waals surface area contributed by atoms with E-state index < -0.39 is 0 Å². The monoisotopic (exact) mass is 160 g/mol. The zero-order valence-corrected chi connectivity index (χ0v) is 5.09. The van der Waals surface area contributed by atoms with Gasteiger partial charge in [-0.3, -0.25) is 0 Å². The topological polar surface area (TPSA) is 48.6 Å². The van der Waals surface area contributed by atoms with Crippen LogP contribution in [0.4, 0.5) is 0 Å². The van der Waals surface area contributed by atoms with Crippen molar-refractivity contribution in [3.05, 3.63) is 0 Å². The molecule has 4 heavy (non-hydrogen) atoms. The van der Waals surface area contributed by atoms with E-state index in [0.717, 1.165) is 0 Å². The van der Waals surface area contributed by atoms with Gasteiger partial charge in [0, 0.05) is 0 Å². The predicted molar refractivity (Wildman–Crippen MR) is 11.5 cm³/mol. The van der Waals surface area contributed by atoms with Gasteiger partial charge in [-0.05, 0) is 0 Å². The van der Waals surface area contributed by atoms with Gasteiger partial charge >= 0.3 is 27.5 Å². The summed E-state index contributed by atoms with van der Waals surface area (Å²) >= 11 is 0.300. The van der Waals surface area contributed by atoms with Crippen molar-refractivity contribution < 1.29 is 33.0 Å². The molecule has 0 atom stereocenters. The molecule has 0 saturated heterocycles. The molecule has 0 amide bonds. The van der Waals surface area contributed by atoms with E-state index in [1.54, 1.807) is 0 Å². The Morgan fingerprint density at radius 1 is 1.25 bits per heavy atom.